The lowest BCUT2D eigenvalue weighted by Gasteiger charge is -2.22. The average molecular weight is 459 g/mol. The molecule has 0 aliphatic carbocycles. The van der Waals surface area contributed by atoms with Crippen LogP contribution in [0, 0.1) is 5.92 Å². The number of hydrogen-bond acceptors (Lipinski definition) is 5. The number of pyridine rings is 1. The molecular weight excluding hydrogens is 431 g/mol. The van der Waals surface area contributed by atoms with Crippen molar-refractivity contribution in [2.75, 3.05) is 25.0 Å². The summed E-state index contributed by atoms with van der Waals surface area (Å²) in [6, 6.07) is 20.4. The molecule has 0 unspecified atom stereocenters. The Morgan fingerprint density at radius 3 is 2.53 bits per heavy atom. The van der Waals surface area contributed by atoms with Crippen LogP contribution >= 0.6 is 0 Å². The second-order valence-electron chi connectivity index (χ2n) is 8.55. The normalized spacial score (nSPS) is 14.3. The molecule has 0 saturated carbocycles. The van der Waals surface area contributed by atoms with E-state index in [4.69, 9.17) is 0 Å². The van der Waals surface area contributed by atoms with Crippen molar-refractivity contribution < 1.29 is 9.18 Å². The lowest BCUT2D eigenvalue weighted by atomic mass is 9.98. The summed E-state index contributed by atoms with van der Waals surface area (Å²) < 4.78 is 14.6. The highest BCUT2D eigenvalue weighted by Gasteiger charge is 2.15. The number of piperidine rings is 1. The number of carbonyl (C=O) groups is 1. The molecule has 3 N–H and O–H groups in total. The van der Waals surface area contributed by atoms with E-state index in [2.05, 4.69) is 26.0 Å². The molecule has 0 radical (unpaired) electrons. The molecule has 7 nitrogen and oxygen atoms in total. The van der Waals surface area contributed by atoms with E-state index in [1.807, 2.05) is 42.5 Å². The van der Waals surface area contributed by atoms with Crippen LogP contribution in [0.2, 0.25) is 0 Å². The van der Waals surface area contributed by atoms with Crippen LogP contribution in [0.4, 0.5) is 16.0 Å². The van der Waals surface area contributed by atoms with Crippen molar-refractivity contribution in [2.24, 2.45) is 5.92 Å². The van der Waals surface area contributed by atoms with Gasteiger partial charge in [-0.2, -0.15) is 4.98 Å². The minimum Gasteiger partial charge on any atom is -0.352 e. The Bertz CT molecular complexity index is 1260. The third kappa shape index (κ3) is 4.92. The predicted molar refractivity (Wildman–Crippen MR) is 131 cm³/mol. The molecule has 2 aromatic heterocycles. The molecule has 1 fully saturated rings. The van der Waals surface area contributed by atoms with Gasteiger partial charge in [0.25, 0.3) is 5.91 Å². The number of halogens is 1. The first-order valence-electron chi connectivity index (χ1n) is 11.6. The summed E-state index contributed by atoms with van der Waals surface area (Å²) in [7, 11) is 0. The minimum atomic E-state index is -0.486. The van der Waals surface area contributed by atoms with Gasteiger partial charge in [-0.15, -0.1) is 5.10 Å². The molecule has 1 amide bonds. The molecule has 1 aliphatic heterocycles. The van der Waals surface area contributed by atoms with Crippen molar-refractivity contribution in [3.05, 3.63) is 77.9 Å². The highest BCUT2D eigenvalue weighted by molar-refractivity contribution is 5.94. The zero-order valence-electron chi connectivity index (χ0n) is 18.8. The van der Waals surface area contributed by atoms with Gasteiger partial charge in [-0.3, -0.25) is 4.79 Å². The first-order chi connectivity index (χ1) is 16.7. The fourth-order valence-corrected chi connectivity index (χ4v) is 4.20. The molecule has 174 valence electrons. The van der Waals surface area contributed by atoms with E-state index in [-0.39, 0.29) is 5.91 Å². The van der Waals surface area contributed by atoms with Gasteiger partial charge in [-0.25, -0.2) is 8.91 Å². The highest BCUT2D eigenvalue weighted by Crippen LogP contribution is 2.23. The second-order valence-corrected chi connectivity index (χ2v) is 8.55. The third-order valence-corrected chi connectivity index (χ3v) is 6.18. The van der Waals surface area contributed by atoms with Gasteiger partial charge < -0.3 is 16.0 Å². The van der Waals surface area contributed by atoms with Gasteiger partial charge in [0.05, 0.1) is 5.69 Å². The summed E-state index contributed by atoms with van der Waals surface area (Å²) in [5.41, 5.74) is 4.55. The summed E-state index contributed by atoms with van der Waals surface area (Å²) in [6.45, 7) is 2.26. The van der Waals surface area contributed by atoms with E-state index in [1.54, 1.807) is 28.8 Å². The maximum Gasteiger partial charge on any atom is 0.251 e. The largest absolute Gasteiger partial charge is 0.352 e. The monoisotopic (exact) mass is 458 g/mol. The van der Waals surface area contributed by atoms with E-state index >= 15 is 0 Å². The lowest BCUT2D eigenvalue weighted by molar-refractivity contribution is 0.0944. The van der Waals surface area contributed by atoms with Crippen molar-refractivity contribution >= 4 is 23.2 Å². The quantitative estimate of drug-likeness (QED) is 0.384. The Balaban J connectivity index is 1.27. The molecule has 2 aromatic carbocycles. The van der Waals surface area contributed by atoms with Crippen LogP contribution in [0.3, 0.4) is 0 Å². The number of aromatic nitrogens is 3. The Morgan fingerprint density at radius 1 is 1.03 bits per heavy atom. The number of carbonyl (C=O) groups excluding carboxylic acids is 1. The van der Waals surface area contributed by atoms with E-state index in [9.17, 15) is 9.18 Å². The highest BCUT2D eigenvalue weighted by atomic mass is 19.1. The van der Waals surface area contributed by atoms with Crippen molar-refractivity contribution in [1.82, 2.24) is 25.2 Å². The van der Waals surface area contributed by atoms with Crippen LogP contribution in [0.5, 0.6) is 0 Å². The number of nitrogens with zero attached hydrogens (tertiary/aromatic N) is 3. The number of nitrogens with one attached hydrogen (secondary N) is 3. The van der Waals surface area contributed by atoms with Gasteiger partial charge in [0.1, 0.15) is 6.67 Å². The maximum atomic E-state index is 12.8. The standard InChI is InChI=1S/C26H27FN6O/c27-16-18-4-6-20(7-5-18)23-2-1-3-24-31-26(32-33(23)24)30-22-10-8-21(9-11-22)25(34)29-17-19-12-14-28-15-13-19/h1-11,19,28H,12-17H2,(H,29,34)(H,30,32). The van der Waals surface area contributed by atoms with Crippen LogP contribution in [0.1, 0.15) is 28.8 Å². The molecule has 34 heavy (non-hydrogen) atoms. The summed E-state index contributed by atoms with van der Waals surface area (Å²) in [5.74, 6) is 0.939. The predicted octanol–water partition coefficient (Wildman–Crippen LogP) is 4.34. The van der Waals surface area contributed by atoms with Gasteiger partial charge >= 0.3 is 0 Å². The van der Waals surface area contributed by atoms with Gasteiger partial charge in [0.15, 0.2) is 5.65 Å². The van der Waals surface area contributed by atoms with Gasteiger partial charge in [-0.1, -0.05) is 30.3 Å². The van der Waals surface area contributed by atoms with E-state index in [1.165, 1.54) is 0 Å². The second kappa shape index (κ2) is 10.0. The molecule has 0 bridgehead atoms. The molecule has 1 saturated heterocycles. The number of fused-ring (bicyclic) bond motifs is 1. The van der Waals surface area contributed by atoms with Crippen molar-refractivity contribution in [1.29, 1.82) is 0 Å². The fourth-order valence-electron chi connectivity index (χ4n) is 4.20. The minimum absolute atomic E-state index is 0.0561. The third-order valence-electron chi connectivity index (χ3n) is 6.18. The number of amides is 1. The number of anilines is 2. The van der Waals surface area contributed by atoms with Gasteiger partial charge in [0.2, 0.25) is 5.95 Å². The summed E-state index contributed by atoms with van der Waals surface area (Å²) in [5, 5.41) is 14.2. The maximum absolute atomic E-state index is 12.8. The molecule has 0 spiro atoms. The Labute approximate surface area is 197 Å². The lowest BCUT2D eigenvalue weighted by Crippen LogP contribution is -2.35. The number of hydrogen-bond donors (Lipinski definition) is 3. The number of alkyl halides is 1. The molecule has 8 heteroatoms. The average Bonchev–Trinajstić information content (AvgIpc) is 3.31. The molecule has 4 aromatic rings. The molecular formula is C26H27FN6O. The van der Waals surface area contributed by atoms with Crippen molar-refractivity contribution in [3.63, 3.8) is 0 Å². The SMILES string of the molecule is O=C(NCC1CCNCC1)c1ccc(Nc2nc3cccc(-c4ccc(CF)cc4)n3n2)cc1. The Morgan fingerprint density at radius 2 is 1.79 bits per heavy atom. The topological polar surface area (TPSA) is 83.4 Å². The molecule has 1 aliphatic rings. The van der Waals surface area contributed by atoms with Crippen molar-refractivity contribution in [2.45, 2.75) is 19.5 Å². The first kappa shape index (κ1) is 22.0. The smallest absolute Gasteiger partial charge is 0.251 e. The zero-order chi connectivity index (χ0) is 23.3. The number of benzene rings is 2. The Hall–Kier alpha value is -3.78. The molecule has 3 heterocycles. The van der Waals surface area contributed by atoms with Crippen LogP contribution < -0.4 is 16.0 Å². The summed E-state index contributed by atoms with van der Waals surface area (Å²) in [6.07, 6.45) is 2.19. The summed E-state index contributed by atoms with van der Waals surface area (Å²) in [4.78, 5) is 17.1. The molecule has 5 rings (SSSR count). The van der Waals surface area contributed by atoms with E-state index < -0.39 is 6.67 Å². The zero-order valence-corrected chi connectivity index (χ0v) is 18.8. The first-order valence-corrected chi connectivity index (χ1v) is 11.6. The van der Waals surface area contributed by atoms with Crippen molar-refractivity contribution in [3.8, 4) is 11.3 Å². The van der Waals surface area contributed by atoms with Gasteiger partial charge in [0, 0.05) is 23.4 Å². The molecule has 0 atom stereocenters. The van der Waals surface area contributed by atoms with E-state index in [0.717, 1.165) is 42.9 Å². The van der Waals surface area contributed by atoms with E-state index in [0.29, 0.717) is 35.2 Å². The summed E-state index contributed by atoms with van der Waals surface area (Å²) >= 11 is 0. The van der Waals surface area contributed by atoms with Crippen LogP contribution in [-0.2, 0) is 6.67 Å². The van der Waals surface area contributed by atoms with Gasteiger partial charge in [-0.05, 0) is 73.8 Å². The number of rotatable bonds is 7. The Kier molecular flexibility index (Phi) is 6.49. The fraction of sp³-hybridized carbons (Fsp3) is 0.269. The van der Waals surface area contributed by atoms with Crippen LogP contribution in [-0.4, -0.2) is 40.1 Å². The van der Waals surface area contributed by atoms with Crippen LogP contribution in [0.25, 0.3) is 16.9 Å². The van der Waals surface area contributed by atoms with Crippen LogP contribution in [0.15, 0.2) is 66.7 Å².